The fourth-order valence-electron chi connectivity index (χ4n) is 1.71. The number of rotatable bonds is 4. The van der Waals surface area contributed by atoms with Crippen molar-refractivity contribution in [2.75, 3.05) is 6.79 Å². The predicted molar refractivity (Wildman–Crippen MR) is 55.7 cm³/mol. The minimum Gasteiger partial charge on any atom is -0.549 e. The summed E-state index contributed by atoms with van der Waals surface area (Å²) in [5.41, 5.74) is 0.297. The fraction of sp³-hybridized carbons (Fsp3) is 0.333. The van der Waals surface area contributed by atoms with Crippen LogP contribution in [0.3, 0.4) is 0 Å². The molecule has 0 amide bonds. The van der Waals surface area contributed by atoms with Crippen LogP contribution < -0.4 is 14.6 Å². The smallest absolute Gasteiger partial charge is 0.231 e. The van der Waals surface area contributed by atoms with Gasteiger partial charge in [-0.1, -0.05) is 6.92 Å². The van der Waals surface area contributed by atoms with E-state index in [-0.39, 0.29) is 13.2 Å². The van der Waals surface area contributed by atoms with Crippen LogP contribution in [0.1, 0.15) is 23.7 Å². The summed E-state index contributed by atoms with van der Waals surface area (Å²) in [6, 6.07) is 4.62. The van der Waals surface area contributed by atoms with Gasteiger partial charge in [0.15, 0.2) is 17.3 Å². The summed E-state index contributed by atoms with van der Waals surface area (Å²) in [5, 5.41) is 10.8. The number of ether oxygens (including phenoxy) is 2. The molecule has 0 aliphatic carbocycles. The Morgan fingerprint density at radius 3 is 2.71 bits per heavy atom. The van der Waals surface area contributed by atoms with Crippen LogP contribution in [0.2, 0.25) is 0 Å². The Morgan fingerprint density at radius 1 is 1.35 bits per heavy atom. The summed E-state index contributed by atoms with van der Waals surface area (Å²) in [6.45, 7) is 1.75. The molecule has 1 unspecified atom stereocenters. The van der Waals surface area contributed by atoms with Gasteiger partial charge >= 0.3 is 0 Å². The number of carbonyl (C=O) groups is 2. The number of fused-ring (bicyclic) bond motifs is 1. The van der Waals surface area contributed by atoms with Crippen LogP contribution in [0.5, 0.6) is 11.5 Å². The Bertz CT molecular complexity index is 466. The lowest BCUT2D eigenvalue weighted by atomic mass is 9.95. The molecule has 1 aliphatic rings. The van der Waals surface area contributed by atoms with Crippen molar-refractivity contribution in [2.24, 2.45) is 5.92 Å². The first-order valence-corrected chi connectivity index (χ1v) is 5.28. The van der Waals surface area contributed by atoms with E-state index in [1.807, 2.05) is 0 Å². The summed E-state index contributed by atoms with van der Waals surface area (Å²) in [6.07, 6.45) is 0.204. The van der Waals surface area contributed by atoms with Gasteiger partial charge in [0, 0.05) is 5.56 Å². The number of hydrogen-bond donors (Lipinski definition) is 0. The van der Waals surface area contributed by atoms with Gasteiger partial charge in [0.25, 0.3) is 0 Å². The van der Waals surface area contributed by atoms with Gasteiger partial charge in [0.1, 0.15) is 0 Å². The number of carboxylic acids is 1. The van der Waals surface area contributed by atoms with Crippen LogP contribution in [0.25, 0.3) is 0 Å². The number of carboxylic acid groups (broad SMARTS) is 1. The monoisotopic (exact) mass is 235 g/mol. The van der Waals surface area contributed by atoms with E-state index in [0.29, 0.717) is 17.1 Å². The van der Waals surface area contributed by atoms with E-state index in [2.05, 4.69) is 0 Å². The Balaban J connectivity index is 2.28. The average molecular weight is 235 g/mol. The molecule has 5 heteroatoms. The third kappa shape index (κ3) is 2.08. The van der Waals surface area contributed by atoms with Gasteiger partial charge in [0.05, 0.1) is 11.9 Å². The lowest BCUT2D eigenvalue weighted by molar-refractivity contribution is -0.309. The number of hydrogen-bond acceptors (Lipinski definition) is 5. The Hall–Kier alpha value is -2.04. The maximum absolute atomic E-state index is 11.9. The van der Waals surface area contributed by atoms with Crippen molar-refractivity contribution in [1.29, 1.82) is 0 Å². The van der Waals surface area contributed by atoms with Crippen LogP contribution >= 0.6 is 0 Å². The quantitative estimate of drug-likeness (QED) is 0.556. The maximum Gasteiger partial charge on any atom is 0.231 e. The standard InChI is InChI=1S/C12H12O5/c1-2-8(12(14)15)11(13)7-3-4-9-10(5-7)17-6-16-9/h3-5,8H,2,6H2,1H3,(H,14,15)/p-1. The van der Waals surface area contributed by atoms with Crippen molar-refractivity contribution in [3.05, 3.63) is 23.8 Å². The number of Topliss-reactive ketones (excluding diaryl/α,β-unsaturated/α-hetero) is 1. The van der Waals surface area contributed by atoms with Gasteiger partial charge in [-0.05, 0) is 24.6 Å². The first-order chi connectivity index (χ1) is 8.13. The summed E-state index contributed by atoms with van der Waals surface area (Å²) in [7, 11) is 0. The lowest BCUT2D eigenvalue weighted by Gasteiger charge is -2.14. The average Bonchev–Trinajstić information content (AvgIpc) is 2.75. The molecule has 0 saturated heterocycles. The molecule has 0 saturated carbocycles. The Labute approximate surface area is 98.0 Å². The van der Waals surface area contributed by atoms with Crippen molar-refractivity contribution in [3.8, 4) is 11.5 Å². The van der Waals surface area contributed by atoms with Crippen LogP contribution in [0.15, 0.2) is 18.2 Å². The molecule has 1 aromatic rings. The second-order valence-electron chi connectivity index (χ2n) is 3.71. The van der Waals surface area contributed by atoms with Gasteiger partial charge in [-0.3, -0.25) is 4.79 Å². The van der Waals surface area contributed by atoms with Crippen molar-refractivity contribution in [3.63, 3.8) is 0 Å². The first kappa shape index (κ1) is 11.4. The van der Waals surface area contributed by atoms with E-state index in [9.17, 15) is 14.7 Å². The Kier molecular flexibility index (Phi) is 2.99. The second kappa shape index (κ2) is 4.45. The van der Waals surface area contributed by atoms with Gasteiger partial charge in [0.2, 0.25) is 6.79 Å². The zero-order valence-electron chi connectivity index (χ0n) is 9.26. The molecule has 90 valence electrons. The summed E-state index contributed by atoms with van der Waals surface area (Å²) >= 11 is 0. The number of aliphatic carboxylic acids is 1. The molecular weight excluding hydrogens is 224 g/mol. The van der Waals surface area contributed by atoms with E-state index in [4.69, 9.17) is 9.47 Å². The highest BCUT2D eigenvalue weighted by molar-refractivity contribution is 6.07. The molecule has 1 aromatic carbocycles. The van der Waals surface area contributed by atoms with Gasteiger partial charge in [-0.2, -0.15) is 0 Å². The minimum absolute atomic E-state index is 0.116. The van der Waals surface area contributed by atoms with Gasteiger partial charge in [-0.25, -0.2) is 0 Å². The van der Waals surface area contributed by atoms with E-state index in [1.165, 1.54) is 12.1 Å². The normalized spacial score (nSPS) is 14.4. The van der Waals surface area contributed by atoms with Crippen LogP contribution in [0, 0.1) is 5.92 Å². The van der Waals surface area contributed by atoms with E-state index in [1.54, 1.807) is 13.0 Å². The molecule has 1 heterocycles. The number of benzene rings is 1. The summed E-state index contributed by atoms with van der Waals surface area (Å²) in [4.78, 5) is 22.7. The fourth-order valence-corrected chi connectivity index (χ4v) is 1.71. The molecule has 0 fully saturated rings. The third-order valence-corrected chi connectivity index (χ3v) is 2.67. The SMILES string of the molecule is CCC(C(=O)[O-])C(=O)c1ccc2c(c1)OCO2. The summed E-state index contributed by atoms with van der Waals surface area (Å²) in [5.74, 6) is -1.91. The van der Waals surface area contributed by atoms with Crippen molar-refractivity contribution in [2.45, 2.75) is 13.3 Å². The lowest BCUT2D eigenvalue weighted by Crippen LogP contribution is -2.36. The molecular formula is C12H11O5-. The van der Waals surface area contributed by atoms with Crippen LogP contribution in [-0.2, 0) is 4.79 Å². The van der Waals surface area contributed by atoms with Crippen molar-refractivity contribution in [1.82, 2.24) is 0 Å². The van der Waals surface area contributed by atoms with Crippen LogP contribution in [0.4, 0.5) is 0 Å². The van der Waals surface area contributed by atoms with Crippen molar-refractivity contribution >= 4 is 11.8 Å². The molecule has 0 radical (unpaired) electrons. The highest BCUT2D eigenvalue weighted by atomic mass is 16.7. The third-order valence-electron chi connectivity index (χ3n) is 2.67. The second-order valence-corrected chi connectivity index (χ2v) is 3.71. The van der Waals surface area contributed by atoms with E-state index in [0.717, 1.165) is 0 Å². The van der Waals surface area contributed by atoms with E-state index < -0.39 is 17.7 Å². The molecule has 0 spiro atoms. The molecule has 1 aliphatic heterocycles. The molecule has 1 atom stereocenters. The largest absolute Gasteiger partial charge is 0.549 e. The highest BCUT2D eigenvalue weighted by Gasteiger charge is 2.22. The maximum atomic E-state index is 11.9. The van der Waals surface area contributed by atoms with Crippen LogP contribution in [-0.4, -0.2) is 18.5 Å². The van der Waals surface area contributed by atoms with E-state index >= 15 is 0 Å². The topological polar surface area (TPSA) is 75.7 Å². The molecule has 2 rings (SSSR count). The zero-order chi connectivity index (χ0) is 12.4. The molecule has 0 N–H and O–H groups in total. The summed E-state index contributed by atoms with van der Waals surface area (Å²) < 4.78 is 10.2. The molecule has 0 bridgehead atoms. The molecule has 5 nitrogen and oxygen atoms in total. The van der Waals surface area contributed by atoms with Gasteiger partial charge < -0.3 is 19.4 Å². The molecule has 0 aromatic heterocycles. The minimum atomic E-state index is -1.35. The predicted octanol–water partition coefficient (Wildman–Crippen LogP) is 0.374. The first-order valence-electron chi connectivity index (χ1n) is 5.28. The number of ketones is 1. The number of carbonyl (C=O) groups excluding carboxylic acids is 2. The Morgan fingerprint density at radius 2 is 2.06 bits per heavy atom. The highest BCUT2D eigenvalue weighted by Crippen LogP contribution is 2.33. The van der Waals surface area contributed by atoms with Crippen molar-refractivity contribution < 1.29 is 24.2 Å². The molecule has 17 heavy (non-hydrogen) atoms. The van der Waals surface area contributed by atoms with Gasteiger partial charge in [-0.15, -0.1) is 0 Å². The zero-order valence-corrected chi connectivity index (χ0v) is 9.26.